The number of imide groups is 2. The van der Waals surface area contributed by atoms with E-state index in [4.69, 9.17) is 21.6 Å². The summed E-state index contributed by atoms with van der Waals surface area (Å²) >= 11 is 6.22. The molecule has 1 N–H and O–H groups in total. The molecule has 4 atom stereocenters. The number of anilines is 2. The molecule has 3 aromatic rings. The van der Waals surface area contributed by atoms with Crippen LogP contribution in [0.3, 0.4) is 0 Å². The fraction of sp³-hybridized carbons (Fsp3) is 0.429. The molecule has 6 aliphatic rings. The van der Waals surface area contributed by atoms with Crippen LogP contribution in [0.25, 0.3) is 0 Å². The van der Waals surface area contributed by atoms with E-state index in [1.807, 2.05) is 18.2 Å². The average Bonchev–Trinajstić information content (AvgIpc) is 3.60. The van der Waals surface area contributed by atoms with Crippen molar-refractivity contribution in [3.05, 3.63) is 87.9 Å². The quantitative estimate of drug-likeness (QED) is 0.332. The predicted molar refractivity (Wildman–Crippen MR) is 207 cm³/mol. The van der Waals surface area contributed by atoms with Crippen LogP contribution >= 0.6 is 11.6 Å². The van der Waals surface area contributed by atoms with Crippen LogP contribution in [0.2, 0.25) is 5.02 Å². The van der Waals surface area contributed by atoms with Crippen molar-refractivity contribution in [3.63, 3.8) is 0 Å². The second kappa shape index (κ2) is 14.6. The van der Waals surface area contributed by atoms with Gasteiger partial charge in [0.2, 0.25) is 11.8 Å². The van der Waals surface area contributed by atoms with Crippen LogP contribution in [0.5, 0.6) is 5.75 Å². The molecular formula is C42H42ClN7O6. The summed E-state index contributed by atoms with van der Waals surface area (Å²) in [5.41, 5.74) is 3.60. The Labute approximate surface area is 329 Å². The van der Waals surface area contributed by atoms with E-state index in [2.05, 4.69) is 43.1 Å². The van der Waals surface area contributed by atoms with Crippen LogP contribution in [-0.2, 0) is 9.59 Å². The molecule has 0 spiro atoms. The van der Waals surface area contributed by atoms with Crippen molar-refractivity contribution in [2.24, 2.45) is 5.92 Å². The van der Waals surface area contributed by atoms with Gasteiger partial charge in [0.15, 0.2) is 0 Å². The fourth-order valence-corrected chi connectivity index (χ4v) is 9.78. The molecule has 6 heterocycles. The number of fused-ring (bicyclic) bond motifs is 3. The maximum Gasteiger partial charge on any atom is 0.264 e. The third-order valence-electron chi connectivity index (χ3n) is 12.4. The lowest BCUT2D eigenvalue weighted by atomic mass is 9.95. The molecule has 13 nitrogen and oxygen atoms in total. The number of nitriles is 1. The van der Waals surface area contributed by atoms with E-state index < -0.39 is 29.7 Å². The first-order valence-electron chi connectivity index (χ1n) is 19.5. The van der Waals surface area contributed by atoms with Gasteiger partial charge in [0.1, 0.15) is 24.0 Å². The number of ether oxygens (including phenoxy) is 1. The Morgan fingerprint density at radius 3 is 2.29 bits per heavy atom. The summed E-state index contributed by atoms with van der Waals surface area (Å²) in [5.74, 6) is -0.818. The minimum absolute atomic E-state index is 0.00747. The highest BCUT2D eigenvalue weighted by Crippen LogP contribution is 2.40. The van der Waals surface area contributed by atoms with E-state index in [0.29, 0.717) is 38.9 Å². The lowest BCUT2D eigenvalue weighted by molar-refractivity contribution is -0.136. The van der Waals surface area contributed by atoms with Crippen molar-refractivity contribution in [3.8, 4) is 11.8 Å². The third-order valence-corrected chi connectivity index (χ3v) is 12.7. The number of carbonyl (C=O) groups is 5. The largest absolute Gasteiger partial charge is 0.490 e. The second-order valence-corrected chi connectivity index (χ2v) is 16.2. The Kier molecular flexibility index (Phi) is 9.42. The van der Waals surface area contributed by atoms with Crippen LogP contribution in [0, 0.1) is 17.2 Å². The molecule has 3 aromatic carbocycles. The third kappa shape index (κ3) is 6.54. The molecule has 0 saturated carbocycles. The van der Waals surface area contributed by atoms with Gasteiger partial charge in [0, 0.05) is 100 Å². The molecule has 5 fully saturated rings. The zero-order valence-electron chi connectivity index (χ0n) is 30.9. The zero-order chi connectivity index (χ0) is 38.7. The monoisotopic (exact) mass is 775 g/mol. The molecule has 5 amide bonds. The van der Waals surface area contributed by atoms with Crippen molar-refractivity contribution in [2.45, 2.75) is 62.8 Å². The van der Waals surface area contributed by atoms with Gasteiger partial charge in [0.25, 0.3) is 17.7 Å². The number of hydrogen-bond donors (Lipinski definition) is 1. The van der Waals surface area contributed by atoms with Crippen molar-refractivity contribution in [2.75, 3.05) is 55.6 Å². The van der Waals surface area contributed by atoms with Gasteiger partial charge < -0.3 is 19.4 Å². The number of nitrogens with one attached hydrogen (secondary N) is 1. The number of amides is 5. The van der Waals surface area contributed by atoms with E-state index in [9.17, 15) is 24.0 Å². The average molecular weight is 776 g/mol. The SMILES string of the molecule is N#Cc1ccc(O[C@H]2C[C@H]3CC[C@@H](C2)N3C(=O)c2ccc(N3CCN(CC4CN(c5cccc6c5C(=O)N(C5CCC(=O)NC5=O)C6=O)C4)CC3)cc2)cc1Cl. The van der Waals surface area contributed by atoms with Gasteiger partial charge in [-0.25, -0.2) is 0 Å². The fourth-order valence-electron chi connectivity index (χ4n) is 9.57. The van der Waals surface area contributed by atoms with Crippen LogP contribution in [0.1, 0.15) is 75.2 Å². The first-order valence-corrected chi connectivity index (χ1v) is 19.9. The van der Waals surface area contributed by atoms with Crippen LogP contribution in [0.4, 0.5) is 11.4 Å². The van der Waals surface area contributed by atoms with Gasteiger partial charge in [-0.2, -0.15) is 5.26 Å². The van der Waals surface area contributed by atoms with Crippen LogP contribution in [-0.4, -0.2) is 114 Å². The van der Waals surface area contributed by atoms with E-state index >= 15 is 0 Å². The van der Waals surface area contributed by atoms with Gasteiger partial charge in [-0.05, 0) is 67.8 Å². The van der Waals surface area contributed by atoms with E-state index in [1.54, 1.807) is 30.3 Å². The van der Waals surface area contributed by atoms with Crippen LogP contribution < -0.4 is 19.9 Å². The number of piperazine rings is 1. The molecule has 9 rings (SSSR count). The molecule has 2 bridgehead atoms. The number of halogens is 1. The topological polar surface area (TPSA) is 147 Å². The van der Waals surface area contributed by atoms with Gasteiger partial charge in [-0.1, -0.05) is 17.7 Å². The van der Waals surface area contributed by atoms with Crippen molar-refractivity contribution in [1.29, 1.82) is 5.26 Å². The summed E-state index contributed by atoms with van der Waals surface area (Å²) in [7, 11) is 0. The second-order valence-electron chi connectivity index (χ2n) is 15.8. The lowest BCUT2D eigenvalue weighted by Crippen LogP contribution is -2.55. The van der Waals surface area contributed by atoms with Crippen molar-refractivity contribution in [1.82, 2.24) is 20.0 Å². The molecule has 56 heavy (non-hydrogen) atoms. The van der Waals surface area contributed by atoms with Crippen LogP contribution in [0.15, 0.2) is 60.7 Å². The highest BCUT2D eigenvalue weighted by atomic mass is 35.5. The minimum atomic E-state index is -0.981. The smallest absolute Gasteiger partial charge is 0.264 e. The van der Waals surface area contributed by atoms with E-state index in [-0.39, 0.29) is 36.9 Å². The maximum absolute atomic E-state index is 13.8. The Bertz CT molecular complexity index is 2140. The first kappa shape index (κ1) is 36.2. The summed E-state index contributed by atoms with van der Waals surface area (Å²) in [6.07, 6.45) is 3.67. The molecule has 0 aliphatic carbocycles. The minimum Gasteiger partial charge on any atom is -0.490 e. The number of hydrogen-bond acceptors (Lipinski definition) is 10. The van der Waals surface area contributed by atoms with Gasteiger partial charge in [0.05, 0.1) is 27.4 Å². The van der Waals surface area contributed by atoms with Crippen molar-refractivity contribution >= 4 is 52.5 Å². The molecule has 0 aromatic heterocycles. The summed E-state index contributed by atoms with van der Waals surface area (Å²) in [5, 5.41) is 11.8. The number of nitrogens with zero attached hydrogens (tertiary/aromatic N) is 6. The molecule has 0 radical (unpaired) electrons. The standard InChI is InChI=1S/C42H42ClN7O6/c43-34-20-31(11-6-27(34)21-44)56-32-18-29-9-10-30(19-32)49(29)40(53)26-4-7-28(8-5-26)47-16-14-46(15-17-47)22-25-23-48(24-25)35-3-1-2-33-38(35)42(55)50(41(33)54)36-12-13-37(51)45-39(36)52/h1-8,11,20,25,29-30,32,36H,9-10,12-19,22-24H2,(H,45,51,52)/t29-,30+,32+,36?. The Morgan fingerprint density at radius 2 is 1.61 bits per heavy atom. The number of piperidine rings is 2. The summed E-state index contributed by atoms with van der Waals surface area (Å²) < 4.78 is 6.26. The molecule has 14 heteroatoms. The molecule has 288 valence electrons. The van der Waals surface area contributed by atoms with Crippen molar-refractivity contribution < 1.29 is 28.7 Å². The summed E-state index contributed by atoms with van der Waals surface area (Å²) in [6.45, 7) is 6.07. The Morgan fingerprint density at radius 1 is 0.875 bits per heavy atom. The highest BCUT2D eigenvalue weighted by molar-refractivity contribution is 6.31. The molecule has 5 saturated heterocycles. The molecule has 6 aliphatic heterocycles. The number of rotatable bonds is 8. The number of carbonyl (C=O) groups excluding carboxylic acids is 5. The molecule has 1 unspecified atom stereocenters. The summed E-state index contributed by atoms with van der Waals surface area (Å²) in [4.78, 5) is 74.8. The van der Waals surface area contributed by atoms with Gasteiger partial charge >= 0.3 is 0 Å². The zero-order valence-corrected chi connectivity index (χ0v) is 31.6. The normalized spacial score (nSPS) is 25.2. The summed E-state index contributed by atoms with van der Waals surface area (Å²) in [6, 6.07) is 19.8. The highest BCUT2D eigenvalue weighted by Gasteiger charge is 2.47. The number of benzene rings is 3. The predicted octanol–water partition coefficient (Wildman–Crippen LogP) is 4.09. The Hall–Kier alpha value is -5.45. The first-order chi connectivity index (χ1) is 27.1. The van der Waals surface area contributed by atoms with E-state index in [0.717, 1.165) is 87.8 Å². The Balaban J connectivity index is 0.749. The van der Waals surface area contributed by atoms with Gasteiger partial charge in [-0.15, -0.1) is 0 Å². The van der Waals surface area contributed by atoms with E-state index in [1.165, 1.54) is 0 Å². The lowest BCUT2D eigenvalue weighted by Gasteiger charge is -2.45. The maximum atomic E-state index is 13.8. The molecular weight excluding hydrogens is 734 g/mol. The van der Waals surface area contributed by atoms with Gasteiger partial charge in [-0.3, -0.25) is 39.1 Å².